The van der Waals surface area contributed by atoms with Gasteiger partial charge in [-0.2, -0.15) is 4.98 Å². The van der Waals surface area contributed by atoms with Crippen molar-refractivity contribution < 1.29 is 4.52 Å². The third-order valence-corrected chi connectivity index (χ3v) is 2.91. The van der Waals surface area contributed by atoms with Crippen molar-refractivity contribution in [1.82, 2.24) is 20.1 Å². The zero-order valence-corrected chi connectivity index (χ0v) is 11.3. The number of hydrogen-bond donors (Lipinski definition) is 2. The SMILES string of the molecule is Cc1noc(-c2ccccc2NCc2cnc(C)[nH]2)n1. The van der Waals surface area contributed by atoms with Gasteiger partial charge in [-0.3, -0.25) is 0 Å². The lowest BCUT2D eigenvalue weighted by atomic mass is 10.1. The number of aromatic amines is 1. The molecule has 3 aromatic rings. The topological polar surface area (TPSA) is 79.6 Å². The molecule has 0 radical (unpaired) electrons. The fourth-order valence-corrected chi connectivity index (χ4v) is 1.98. The second-order valence-electron chi connectivity index (χ2n) is 4.54. The van der Waals surface area contributed by atoms with Gasteiger partial charge in [-0.1, -0.05) is 17.3 Å². The van der Waals surface area contributed by atoms with Crippen molar-refractivity contribution in [2.45, 2.75) is 20.4 Å². The lowest BCUT2D eigenvalue weighted by molar-refractivity contribution is 0.426. The van der Waals surface area contributed by atoms with E-state index < -0.39 is 0 Å². The summed E-state index contributed by atoms with van der Waals surface area (Å²) >= 11 is 0. The van der Waals surface area contributed by atoms with Gasteiger partial charge in [0.15, 0.2) is 5.82 Å². The highest BCUT2D eigenvalue weighted by Gasteiger charge is 2.11. The maximum absolute atomic E-state index is 5.23. The Morgan fingerprint density at radius 3 is 2.80 bits per heavy atom. The molecule has 102 valence electrons. The van der Waals surface area contributed by atoms with Gasteiger partial charge in [0.05, 0.1) is 24.0 Å². The van der Waals surface area contributed by atoms with E-state index in [0.29, 0.717) is 18.3 Å². The molecular formula is C14H15N5O. The largest absolute Gasteiger partial charge is 0.379 e. The van der Waals surface area contributed by atoms with E-state index in [0.717, 1.165) is 22.8 Å². The standard InChI is InChI=1S/C14H15N5O/c1-9-15-7-11(17-9)8-16-13-6-4-3-5-12(13)14-18-10(2)19-20-14/h3-7,16H,8H2,1-2H3,(H,15,17). The maximum Gasteiger partial charge on any atom is 0.260 e. The van der Waals surface area contributed by atoms with Gasteiger partial charge in [-0.05, 0) is 26.0 Å². The van der Waals surface area contributed by atoms with E-state index in [9.17, 15) is 0 Å². The van der Waals surface area contributed by atoms with Crippen LogP contribution >= 0.6 is 0 Å². The van der Waals surface area contributed by atoms with Crippen molar-refractivity contribution in [3.05, 3.63) is 47.8 Å². The van der Waals surface area contributed by atoms with Crippen LogP contribution in [0.2, 0.25) is 0 Å². The average molecular weight is 269 g/mol. The van der Waals surface area contributed by atoms with E-state index in [2.05, 4.69) is 25.4 Å². The number of anilines is 1. The van der Waals surface area contributed by atoms with Crippen molar-refractivity contribution in [1.29, 1.82) is 0 Å². The summed E-state index contributed by atoms with van der Waals surface area (Å²) in [6.07, 6.45) is 1.82. The van der Waals surface area contributed by atoms with Gasteiger partial charge in [-0.15, -0.1) is 0 Å². The highest BCUT2D eigenvalue weighted by Crippen LogP contribution is 2.26. The molecule has 1 aromatic carbocycles. The average Bonchev–Trinajstić information content (AvgIpc) is 3.06. The number of benzene rings is 1. The highest BCUT2D eigenvalue weighted by atomic mass is 16.5. The number of imidazole rings is 1. The Labute approximate surface area is 116 Å². The predicted molar refractivity (Wildman–Crippen MR) is 75.1 cm³/mol. The van der Waals surface area contributed by atoms with Gasteiger partial charge in [0, 0.05) is 5.69 Å². The minimum Gasteiger partial charge on any atom is -0.379 e. The molecule has 6 nitrogen and oxygen atoms in total. The van der Waals surface area contributed by atoms with Crippen molar-refractivity contribution >= 4 is 5.69 Å². The van der Waals surface area contributed by atoms with E-state index in [4.69, 9.17) is 4.52 Å². The monoisotopic (exact) mass is 269 g/mol. The number of rotatable bonds is 4. The molecule has 2 heterocycles. The lowest BCUT2D eigenvalue weighted by Gasteiger charge is -2.08. The lowest BCUT2D eigenvalue weighted by Crippen LogP contribution is -2.01. The Morgan fingerprint density at radius 1 is 1.25 bits per heavy atom. The van der Waals surface area contributed by atoms with Crippen LogP contribution < -0.4 is 5.32 Å². The van der Waals surface area contributed by atoms with E-state index in [-0.39, 0.29) is 0 Å². The second kappa shape index (κ2) is 5.16. The Bertz CT molecular complexity index is 716. The molecule has 0 amide bonds. The van der Waals surface area contributed by atoms with Crippen LogP contribution in [0.5, 0.6) is 0 Å². The molecule has 0 bridgehead atoms. The van der Waals surface area contributed by atoms with Crippen molar-refractivity contribution in [3.8, 4) is 11.5 Å². The van der Waals surface area contributed by atoms with Crippen molar-refractivity contribution in [3.63, 3.8) is 0 Å². The summed E-state index contributed by atoms with van der Waals surface area (Å²) in [5.41, 5.74) is 2.87. The third kappa shape index (κ3) is 2.54. The first-order valence-electron chi connectivity index (χ1n) is 6.36. The first kappa shape index (κ1) is 12.4. The molecular weight excluding hydrogens is 254 g/mol. The number of aromatic nitrogens is 4. The van der Waals surface area contributed by atoms with Crippen LogP contribution in [-0.2, 0) is 6.54 Å². The smallest absolute Gasteiger partial charge is 0.260 e. The summed E-state index contributed by atoms with van der Waals surface area (Å²) in [6, 6.07) is 7.85. The molecule has 0 atom stereocenters. The molecule has 20 heavy (non-hydrogen) atoms. The van der Waals surface area contributed by atoms with Crippen LogP contribution in [-0.4, -0.2) is 20.1 Å². The van der Waals surface area contributed by atoms with Gasteiger partial charge in [0.2, 0.25) is 0 Å². The molecule has 2 N–H and O–H groups in total. The normalized spacial score (nSPS) is 10.7. The summed E-state index contributed by atoms with van der Waals surface area (Å²) in [4.78, 5) is 11.6. The first-order valence-corrected chi connectivity index (χ1v) is 6.36. The molecule has 0 unspecified atom stereocenters. The minimum atomic E-state index is 0.520. The molecule has 0 spiro atoms. The quantitative estimate of drug-likeness (QED) is 0.761. The van der Waals surface area contributed by atoms with Gasteiger partial charge in [0.1, 0.15) is 5.82 Å². The van der Waals surface area contributed by atoms with Crippen LogP contribution in [0.1, 0.15) is 17.3 Å². The fourth-order valence-electron chi connectivity index (χ4n) is 1.98. The molecule has 0 aliphatic carbocycles. The molecule has 0 saturated carbocycles. The Hall–Kier alpha value is -2.63. The van der Waals surface area contributed by atoms with Gasteiger partial charge in [-0.25, -0.2) is 4.98 Å². The zero-order chi connectivity index (χ0) is 13.9. The highest BCUT2D eigenvalue weighted by molar-refractivity contribution is 5.72. The van der Waals surface area contributed by atoms with Gasteiger partial charge < -0.3 is 14.8 Å². The van der Waals surface area contributed by atoms with Crippen LogP contribution in [0.3, 0.4) is 0 Å². The number of H-pyrrole nitrogens is 1. The van der Waals surface area contributed by atoms with Gasteiger partial charge in [0.25, 0.3) is 5.89 Å². The van der Waals surface area contributed by atoms with E-state index in [1.807, 2.05) is 37.4 Å². The van der Waals surface area contributed by atoms with Crippen LogP contribution in [0.4, 0.5) is 5.69 Å². The fraction of sp³-hybridized carbons (Fsp3) is 0.214. The van der Waals surface area contributed by atoms with Crippen LogP contribution in [0, 0.1) is 13.8 Å². The van der Waals surface area contributed by atoms with Crippen LogP contribution in [0.15, 0.2) is 35.0 Å². The maximum atomic E-state index is 5.23. The number of aryl methyl sites for hydroxylation is 2. The Balaban J connectivity index is 1.83. The zero-order valence-electron chi connectivity index (χ0n) is 11.3. The predicted octanol–water partition coefficient (Wildman–Crippen LogP) is 2.69. The third-order valence-electron chi connectivity index (χ3n) is 2.91. The molecule has 0 saturated heterocycles. The summed E-state index contributed by atoms with van der Waals surface area (Å²) in [5, 5.41) is 7.18. The Kier molecular flexibility index (Phi) is 3.20. The minimum absolute atomic E-state index is 0.520. The Morgan fingerprint density at radius 2 is 2.10 bits per heavy atom. The number of para-hydroxylation sites is 1. The molecule has 2 aromatic heterocycles. The first-order chi connectivity index (χ1) is 9.72. The van der Waals surface area contributed by atoms with Crippen molar-refractivity contribution in [2.75, 3.05) is 5.32 Å². The number of nitrogens with zero attached hydrogens (tertiary/aromatic N) is 3. The summed E-state index contributed by atoms with van der Waals surface area (Å²) < 4.78 is 5.23. The summed E-state index contributed by atoms with van der Waals surface area (Å²) in [5.74, 6) is 2.05. The second-order valence-corrected chi connectivity index (χ2v) is 4.54. The van der Waals surface area contributed by atoms with E-state index >= 15 is 0 Å². The van der Waals surface area contributed by atoms with Crippen LogP contribution in [0.25, 0.3) is 11.5 Å². The summed E-state index contributed by atoms with van der Waals surface area (Å²) in [6.45, 7) is 4.39. The molecule has 0 aliphatic rings. The van der Waals surface area contributed by atoms with Gasteiger partial charge >= 0.3 is 0 Å². The van der Waals surface area contributed by atoms with Crippen molar-refractivity contribution in [2.24, 2.45) is 0 Å². The number of nitrogens with one attached hydrogen (secondary N) is 2. The molecule has 6 heteroatoms. The van der Waals surface area contributed by atoms with E-state index in [1.54, 1.807) is 6.92 Å². The molecule has 0 aliphatic heterocycles. The molecule has 3 rings (SSSR count). The number of hydrogen-bond acceptors (Lipinski definition) is 5. The molecule has 0 fully saturated rings. The van der Waals surface area contributed by atoms with E-state index in [1.165, 1.54) is 0 Å². The summed E-state index contributed by atoms with van der Waals surface area (Å²) in [7, 11) is 0.